The lowest BCUT2D eigenvalue weighted by Gasteiger charge is -2.10. The van der Waals surface area contributed by atoms with Gasteiger partial charge >= 0.3 is 6.18 Å². The van der Waals surface area contributed by atoms with Crippen molar-refractivity contribution in [3.8, 4) is 28.6 Å². The van der Waals surface area contributed by atoms with Gasteiger partial charge in [0.25, 0.3) is 0 Å². The van der Waals surface area contributed by atoms with Crippen LogP contribution in [-0.4, -0.2) is 27.3 Å². The number of fused-ring (bicyclic) bond motifs is 1. The summed E-state index contributed by atoms with van der Waals surface area (Å²) in [6.07, 6.45) is -2.77. The van der Waals surface area contributed by atoms with E-state index in [2.05, 4.69) is 25.5 Å². The number of anilines is 2. The molecule has 2 aromatic heterocycles. The Bertz CT molecular complexity index is 1480. The van der Waals surface area contributed by atoms with Crippen LogP contribution < -0.4 is 14.8 Å². The van der Waals surface area contributed by atoms with Crippen molar-refractivity contribution in [3.05, 3.63) is 84.6 Å². The van der Waals surface area contributed by atoms with Crippen molar-refractivity contribution >= 4 is 22.5 Å². The Labute approximate surface area is 197 Å². The lowest BCUT2D eigenvalue weighted by atomic mass is 10.1. The summed E-state index contributed by atoms with van der Waals surface area (Å²) in [6.45, 7) is 0. The molecule has 0 bridgehead atoms. The van der Waals surface area contributed by atoms with E-state index in [4.69, 9.17) is 9.47 Å². The van der Waals surface area contributed by atoms with E-state index in [0.717, 1.165) is 23.0 Å². The number of pyridine rings is 1. The third-order valence-corrected chi connectivity index (χ3v) is 5.20. The van der Waals surface area contributed by atoms with E-state index in [1.165, 1.54) is 12.1 Å². The van der Waals surface area contributed by atoms with Crippen molar-refractivity contribution in [1.29, 1.82) is 0 Å². The van der Waals surface area contributed by atoms with E-state index in [1.54, 1.807) is 43.6 Å². The Morgan fingerprint density at radius 3 is 2.49 bits per heavy atom. The summed E-state index contributed by atoms with van der Waals surface area (Å²) >= 11 is 0. The molecular weight excluding hydrogens is 459 g/mol. The maximum absolute atomic E-state index is 13.0. The van der Waals surface area contributed by atoms with Gasteiger partial charge in [-0.05, 0) is 54.6 Å². The van der Waals surface area contributed by atoms with Crippen LogP contribution in [0.5, 0.6) is 17.2 Å². The first-order valence-corrected chi connectivity index (χ1v) is 10.5. The maximum Gasteiger partial charge on any atom is 0.416 e. The minimum absolute atomic E-state index is 0.222. The van der Waals surface area contributed by atoms with Gasteiger partial charge in [0.1, 0.15) is 17.2 Å². The smallest absolute Gasteiger partial charge is 0.416 e. The van der Waals surface area contributed by atoms with Gasteiger partial charge in [-0.2, -0.15) is 18.2 Å². The number of benzene rings is 3. The van der Waals surface area contributed by atoms with Crippen molar-refractivity contribution in [3.63, 3.8) is 0 Å². The van der Waals surface area contributed by atoms with Crippen molar-refractivity contribution in [1.82, 2.24) is 20.2 Å². The van der Waals surface area contributed by atoms with Crippen LogP contribution in [0, 0.1) is 0 Å². The van der Waals surface area contributed by atoms with Crippen LogP contribution in [0.2, 0.25) is 0 Å². The Balaban J connectivity index is 1.30. The number of aromatic amines is 1. The second-order valence-corrected chi connectivity index (χ2v) is 7.53. The molecule has 0 atom stereocenters. The van der Waals surface area contributed by atoms with Crippen LogP contribution in [0.1, 0.15) is 5.56 Å². The Hall–Kier alpha value is -4.60. The number of rotatable bonds is 6. The van der Waals surface area contributed by atoms with Crippen LogP contribution in [0.4, 0.5) is 24.8 Å². The monoisotopic (exact) mass is 477 g/mol. The van der Waals surface area contributed by atoms with Crippen LogP contribution in [0.3, 0.4) is 0 Å². The average molecular weight is 477 g/mol. The summed E-state index contributed by atoms with van der Waals surface area (Å²) in [7, 11) is 1.60. The second-order valence-electron chi connectivity index (χ2n) is 7.53. The number of aromatic nitrogens is 4. The van der Waals surface area contributed by atoms with Gasteiger partial charge in [0.2, 0.25) is 5.95 Å². The SMILES string of the molecule is COc1ccc2c(Oc3ccc(Nc4n[nH]c(-c5cccc(C(F)(F)F)c5)n4)cc3)ccnc2c1. The third kappa shape index (κ3) is 4.86. The van der Waals surface area contributed by atoms with Crippen molar-refractivity contribution in [2.45, 2.75) is 6.18 Å². The van der Waals surface area contributed by atoms with Crippen molar-refractivity contribution < 1.29 is 22.6 Å². The van der Waals surface area contributed by atoms with Crippen LogP contribution in [-0.2, 0) is 6.18 Å². The van der Waals surface area contributed by atoms with Gasteiger partial charge in [-0.15, -0.1) is 5.10 Å². The lowest BCUT2D eigenvalue weighted by molar-refractivity contribution is -0.137. The minimum atomic E-state index is -4.43. The Morgan fingerprint density at radius 2 is 1.71 bits per heavy atom. The molecule has 0 aliphatic heterocycles. The molecular formula is C25H18F3N5O2. The topological polar surface area (TPSA) is 85.0 Å². The molecule has 176 valence electrons. The molecule has 7 nitrogen and oxygen atoms in total. The molecule has 0 saturated heterocycles. The molecule has 0 radical (unpaired) electrons. The molecule has 35 heavy (non-hydrogen) atoms. The standard InChI is InChI=1S/C25H18F3N5O2/c1-34-19-9-10-20-21(14-19)29-12-11-22(20)35-18-7-5-17(6-8-18)30-24-31-23(32-33-24)15-3-2-4-16(13-15)25(26,27)28/h2-14H,1H3,(H2,30,31,32,33). The molecule has 5 aromatic rings. The first-order chi connectivity index (χ1) is 16.9. The summed E-state index contributed by atoms with van der Waals surface area (Å²) in [5, 5.41) is 10.6. The number of hydrogen-bond acceptors (Lipinski definition) is 6. The third-order valence-electron chi connectivity index (χ3n) is 5.20. The number of H-pyrrole nitrogens is 1. The van der Waals surface area contributed by atoms with Crippen LogP contribution in [0.25, 0.3) is 22.3 Å². The highest BCUT2D eigenvalue weighted by molar-refractivity contribution is 5.86. The van der Waals surface area contributed by atoms with Crippen LogP contribution >= 0.6 is 0 Å². The zero-order valence-electron chi connectivity index (χ0n) is 18.3. The first-order valence-electron chi connectivity index (χ1n) is 10.5. The highest BCUT2D eigenvalue weighted by Gasteiger charge is 2.30. The number of halogens is 3. The highest BCUT2D eigenvalue weighted by atomic mass is 19.4. The van der Waals surface area contributed by atoms with Crippen LogP contribution in [0.15, 0.2) is 79.0 Å². The van der Waals surface area contributed by atoms with Gasteiger partial charge < -0.3 is 14.8 Å². The molecule has 0 unspecified atom stereocenters. The van der Waals surface area contributed by atoms with Gasteiger partial charge in [0.15, 0.2) is 5.82 Å². The fourth-order valence-electron chi connectivity index (χ4n) is 3.47. The number of ether oxygens (including phenoxy) is 2. The Kier molecular flexibility index (Phi) is 5.69. The average Bonchev–Trinajstić information content (AvgIpc) is 3.33. The normalized spacial score (nSPS) is 11.4. The number of methoxy groups -OCH3 is 1. The van der Waals surface area contributed by atoms with E-state index in [1.807, 2.05) is 18.2 Å². The van der Waals surface area contributed by atoms with Crippen molar-refractivity contribution in [2.75, 3.05) is 12.4 Å². The maximum atomic E-state index is 13.0. The molecule has 3 aromatic carbocycles. The van der Waals surface area contributed by atoms with Gasteiger partial charge in [-0.1, -0.05) is 12.1 Å². The molecule has 5 rings (SSSR count). The molecule has 0 fully saturated rings. The molecule has 2 heterocycles. The largest absolute Gasteiger partial charge is 0.497 e. The van der Waals surface area contributed by atoms with E-state index in [9.17, 15) is 13.2 Å². The summed E-state index contributed by atoms with van der Waals surface area (Å²) in [4.78, 5) is 8.59. The first kappa shape index (κ1) is 22.2. The lowest BCUT2D eigenvalue weighted by Crippen LogP contribution is -2.04. The fourth-order valence-corrected chi connectivity index (χ4v) is 3.47. The number of alkyl halides is 3. The molecule has 2 N–H and O–H groups in total. The van der Waals surface area contributed by atoms with Gasteiger partial charge in [0.05, 0.1) is 18.2 Å². The van der Waals surface area contributed by atoms with Gasteiger partial charge in [-0.3, -0.25) is 10.1 Å². The summed E-state index contributed by atoms with van der Waals surface area (Å²) < 4.78 is 50.2. The summed E-state index contributed by atoms with van der Waals surface area (Å²) in [6, 6.07) is 19.3. The molecule has 0 aliphatic carbocycles. The summed E-state index contributed by atoms with van der Waals surface area (Å²) in [5.74, 6) is 2.41. The number of nitrogens with zero attached hydrogens (tertiary/aromatic N) is 3. The minimum Gasteiger partial charge on any atom is -0.497 e. The van der Waals surface area contributed by atoms with E-state index >= 15 is 0 Å². The van der Waals surface area contributed by atoms with Crippen molar-refractivity contribution in [2.24, 2.45) is 0 Å². The molecule has 0 spiro atoms. The molecule has 0 amide bonds. The van der Waals surface area contributed by atoms with Gasteiger partial charge in [0, 0.05) is 28.9 Å². The number of nitrogens with one attached hydrogen (secondary N) is 2. The molecule has 10 heteroatoms. The Morgan fingerprint density at radius 1 is 0.914 bits per heavy atom. The quantitative estimate of drug-likeness (QED) is 0.287. The zero-order chi connectivity index (χ0) is 24.4. The second kappa shape index (κ2) is 8.98. The van der Waals surface area contributed by atoms with Gasteiger partial charge in [-0.25, -0.2) is 0 Å². The predicted octanol–water partition coefficient (Wildman–Crippen LogP) is 6.58. The molecule has 0 aliphatic rings. The van der Waals surface area contributed by atoms with E-state index in [-0.39, 0.29) is 17.3 Å². The van der Waals surface area contributed by atoms with E-state index in [0.29, 0.717) is 22.9 Å². The molecule has 0 saturated carbocycles. The fraction of sp³-hybridized carbons (Fsp3) is 0.0800. The summed E-state index contributed by atoms with van der Waals surface area (Å²) in [5.41, 5.74) is 0.960. The van der Waals surface area contributed by atoms with E-state index < -0.39 is 11.7 Å². The number of hydrogen-bond donors (Lipinski definition) is 2. The zero-order valence-corrected chi connectivity index (χ0v) is 18.3. The highest BCUT2D eigenvalue weighted by Crippen LogP contribution is 2.33. The predicted molar refractivity (Wildman–Crippen MR) is 125 cm³/mol.